The average Bonchev–Trinajstić information content (AvgIpc) is 2.35. The Kier molecular flexibility index (Phi) is 6.60. The van der Waals surface area contributed by atoms with Crippen molar-refractivity contribution < 1.29 is 9.90 Å². The standard InChI is InChI=1S/C13H27N3O2/c1-4-12-10-16(13(18)5-6-14-3)8-7-15(12)9-11(2)17/h11-12,14,17H,4-10H2,1-3H3. The van der Waals surface area contributed by atoms with Gasteiger partial charge < -0.3 is 15.3 Å². The minimum Gasteiger partial charge on any atom is -0.392 e. The molecule has 1 amide bonds. The first kappa shape index (κ1) is 15.4. The molecule has 5 heteroatoms. The number of carbonyl (C=O) groups is 1. The summed E-state index contributed by atoms with van der Waals surface area (Å²) in [5.41, 5.74) is 0. The zero-order valence-electron chi connectivity index (χ0n) is 11.9. The molecule has 0 spiro atoms. The van der Waals surface area contributed by atoms with Gasteiger partial charge in [-0.15, -0.1) is 0 Å². The van der Waals surface area contributed by atoms with E-state index in [4.69, 9.17) is 0 Å². The molecule has 0 aliphatic carbocycles. The van der Waals surface area contributed by atoms with Crippen LogP contribution in [0, 0.1) is 0 Å². The Bertz CT molecular complexity index is 259. The summed E-state index contributed by atoms with van der Waals surface area (Å²) in [5.74, 6) is 0.236. The molecular weight excluding hydrogens is 230 g/mol. The monoisotopic (exact) mass is 257 g/mol. The van der Waals surface area contributed by atoms with Gasteiger partial charge in [0.1, 0.15) is 0 Å². The van der Waals surface area contributed by atoms with E-state index >= 15 is 0 Å². The highest BCUT2D eigenvalue weighted by Crippen LogP contribution is 2.14. The van der Waals surface area contributed by atoms with Crippen LogP contribution in [0.4, 0.5) is 0 Å². The Balaban J connectivity index is 2.47. The van der Waals surface area contributed by atoms with Gasteiger partial charge in [-0.1, -0.05) is 6.92 Å². The molecule has 106 valence electrons. The van der Waals surface area contributed by atoms with E-state index in [1.54, 1.807) is 0 Å². The van der Waals surface area contributed by atoms with Crippen LogP contribution >= 0.6 is 0 Å². The van der Waals surface area contributed by atoms with Crippen molar-refractivity contribution in [1.29, 1.82) is 0 Å². The summed E-state index contributed by atoms with van der Waals surface area (Å²) in [6, 6.07) is 0.381. The first-order valence-corrected chi connectivity index (χ1v) is 6.93. The van der Waals surface area contributed by atoms with Crippen LogP contribution in [0.2, 0.25) is 0 Å². The zero-order chi connectivity index (χ0) is 13.5. The molecule has 18 heavy (non-hydrogen) atoms. The fourth-order valence-corrected chi connectivity index (χ4v) is 2.48. The van der Waals surface area contributed by atoms with E-state index in [0.29, 0.717) is 19.0 Å². The van der Waals surface area contributed by atoms with Gasteiger partial charge in [-0.3, -0.25) is 9.69 Å². The van der Waals surface area contributed by atoms with E-state index in [2.05, 4.69) is 17.1 Å². The summed E-state index contributed by atoms with van der Waals surface area (Å²) in [7, 11) is 1.86. The minimum atomic E-state index is -0.300. The highest BCUT2D eigenvalue weighted by molar-refractivity contribution is 5.76. The largest absolute Gasteiger partial charge is 0.392 e. The van der Waals surface area contributed by atoms with Crippen LogP contribution < -0.4 is 5.32 Å². The molecule has 0 radical (unpaired) electrons. The lowest BCUT2D eigenvalue weighted by Gasteiger charge is -2.41. The number of carbonyl (C=O) groups excluding carboxylic acids is 1. The second-order valence-corrected chi connectivity index (χ2v) is 5.10. The second kappa shape index (κ2) is 7.71. The first-order valence-electron chi connectivity index (χ1n) is 6.93. The summed E-state index contributed by atoms with van der Waals surface area (Å²) in [6.07, 6.45) is 1.29. The first-order chi connectivity index (χ1) is 8.58. The molecule has 2 N–H and O–H groups in total. The molecule has 0 saturated carbocycles. The number of amides is 1. The maximum atomic E-state index is 12.0. The van der Waals surface area contributed by atoms with Gasteiger partial charge in [0.05, 0.1) is 6.10 Å². The quantitative estimate of drug-likeness (QED) is 0.698. The van der Waals surface area contributed by atoms with Gasteiger partial charge in [-0.2, -0.15) is 0 Å². The van der Waals surface area contributed by atoms with Crippen molar-refractivity contribution in [2.45, 2.75) is 38.8 Å². The molecule has 2 atom stereocenters. The van der Waals surface area contributed by atoms with Crippen molar-refractivity contribution in [3.63, 3.8) is 0 Å². The molecule has 1 aliphatic rings. The molecule has 0 aromatic heterocycles. The fourth-order valence-electron chi connectivity index (χ4n) is 2.48. The topological polar surface area (TPSA) is 55.8 Å². The van der Waals surface area contributed by atoms with E-state index in [9.17, 15) is 9.90 Å². The van der Waals surface area contributed by atoms with Crippen LogP contribution in [-0.4, -0.2) is 72.7 Å². The normalized spacial score (nSPS) is 23.1. The summed E-state index contributed by atoms with van der Waals surface area (Å²) in [6.45, 7) is 7.85. The lowest BCUT2D eigenvalue weighted by molar-refractivity contribution is -0.134. The van der Waals surface area contributed by atoms with Gasteiger partial charge in [0, 0.05) is 45.2 Å². The Morgan fingerprint density at radius 3 is 2.78 bits per heavy atom. The third-order valence-electron chi connectivity index (χ3n) is 3.52. The lowest BCUT2D eigenvalue weighted by Crippen LogP contribution is -2.56. The number of rotatable bonds is 6. The number of nitrogens with one attached hydrogen (secondary N) is 1. The van der Waals surface area contributed by atoms with Gasteiger partial charge in [-0.05, 0) is 20.4 Å². The van der Waals surface area contributed by atoms with Crippen LogP contribution in [0.25, 0.3) is 0 Å². The predicted molar refractivity (Wildman–Crippen MR) is 72.5 cm³/mol. The second-order valence-electron chi connectivity index (χ2n) is 5.10. The number of piperazine rings is 1. The fraction of sp³-hybridized carbons (Fsp3) is 0.923. The number of hydrogen-bond donors (Lipinski definition) is 2. The Labute approximate surface area is 110 Å². The number of nitrogens with zero attached hydrogens (tertiary/aromatic N) is 2. The van der Waals surface area contributed by atoms with Crippen LogP contribution in [0.1, 0.15) is 26.7 Å². The molecular formula is C13H27N3O2. The predicted octanol–water partition coefficient (Wildman–Crippen LogP) is -0.100. The molecule has 1 heterocycles. The molecule has 0 aromatic rings. The van der Waals surface area contributed by atoms with E-state index in [0.717, 1.165) is 32.6 Å². The minimum absolute atomic E-state index is 0.236. The smallest absolute Gasteiger partial charge is 0.223 e. The Morgan fingerprint density at radius 2 is 2.22 bits per heavy atom. The summed E-state index contributed by atoms with van der Waals surface area (Å²) >= 11 is 0. The maximum Gasteiger partial charge on any atom is 0.223 e. The van der Waals surface area contributed by atoms with Gasteiger partial charge in [0.15, 0.2) is 0 Å². The molecule has 1 saturated heterocycles. The van der Waals surface area contributed by atoms with Crippen LogP contribution in [-0.2, 0) is 4.79 Å². The number of β-amino-alcohol motifs (C(OH)–C–C–N with tert-alkyl or cyclic N) is 1. The molecule has 1 fully saturated rings. The van der Waals surface area contributed by atoms with E-state index < -0.39 is 0 Å². The summed E-state index contributed by atoms with van der Waals surface area (Å²) in [5, 5.41) is 12.5. The van der Waals surface area contributed by atoms with Crippen LogP contribution in [0.15, 0.2) is 0 Å². The summed E-state index contributed by atoms with van der Waals surface area (Å²) < 4.78 is 0. The van der Waals surface area contributed by atoms with Crippen molar-refractivity contribution >= 4 is 5.91 Å². The third-order valence-corrected chi connectivity index (χ3v) is 3.52. The van der Waals surface area contributed by atoms with Crippen molar-refractivity contribution in [3.05, 3.63) is 0 Å². The third kappa shape index (κ3) is 4.55. The zero-order valence-corrected chi connectivity index (χ0v) is 11.9. The van der Waals surface area contributed by atoms with Gasteiger partial charge in [0.25, 0.3) is 0 Å². The van der Waals surface area contributed by atoms with E-state index in [-0.39, 0.29) is 12.0 Å². The van der Waals surface area contributed by atoms with Crippen molar-refractivity contribution in [1.82, 2.24) is 15.1 Å². The molecule has 1 rings (SSSR count). The number of hydrogen-bond acceptors (Lipinski definition) is 4. The highest BCUT2D eigenvalue weighted by atomic mass is 16.3. The molecule has 2 unspecified atom stereocenters. The Morgan fingerprint density at radius 1 is 1.50 bits per heavy atom. The van der Waals surface area contributed by atoms with Crippen molar-refractivity contribution in [2.24, 2.45) is 0 Å². The maximum absolute atomic E-state index is 12.0. The molecule has 5 nitrogen and oxygen atoms in total. The number of aliphatic hydroxyl groups is 1. The molecule has 0 aromatic carbocycles. The Hall–Kier alpha value is -0.650. The SMILES string of the molecule is CCC1CN(C(=O)CCNC)CCN1CC(C)O. The van der Waals surface area contributed by atoms with Crippen molar-refractivity contribution in [2.75, 3.05) is 39.8 Å². The van der Waals surface area contributed by atoms with Crippen molar-refractivity contribution in [3.8, 4) is 0 Å². The molecule has 1 aliphatic heterocycles. The summed E-state index contributed by atoms with van der Waals surface area (Å²) in [4.78, 5) is 16.2. The van der Waals surface area contributed by atoms with Crippen LogP contribution in [0.5, 0.6) is 0 Å². The average molecular weight is 257 g/mol. The van der Waals surface area contributed by atoms with Gasteiger partial charge in [0.2, 0.25) is 5.91 Å². The van der Waals surface area contributed by atoms with E-state index in [1.165, 1.54) is 0 Å². The highest BCUT2D eigenvalue weighted by Gasteiger charge is 2.28. The van der Waals surface area contributed by atoms with Crippen LogP contribution in [0.3, 0.4) is 0 Å². The lowest BCUT2D eigenvalue weighted by atomic mass is 10.1. The van der Waals surface area contributed by atoms with Gasteiger partial charge in [-0.25, -0.2) is 0 Å². The number of aliphatic hydroxyl groups excluding tert-OH is 1. The van der Waals surface area contributed by atoms with Gasteiger partial charge >= 0.3 is 0 Å². The van der Waals surface area contributed by atoms with E-state index in [1.807, 2.05) is 18.9 Å². The molecule has 0 bridgehead atoms.